The summed E-state index contributed by atoms with van der Waals surface area (Å²) in [6.07, 6.45) is 7.90. The summed E-state index contributed by atoms with van der Waals surface area (Å²) < 4.78 is 16.1. The monoisotopic (exact) mass is 318 g/mol. The van der Waals surface area contributed by atoms with Gasteiger partial charge in [-0.05, 0) is 6.42 Å². The lowest BCUT2D eigenvalue weighted by molar-refractivity contribution is -0.264. The molecule has 1 saturated heterocycles. The van der Waals surface area contributed by atoms with Gasteiger partial charge in [0.2, 0.25) is 0 Å². The van der Waals surface area contributed by atoms with Crippen LogP contribution in [0.15, 0.2) is 0 Å². The number of hydrogen-bond acceptors (Lipinski definition) is 5. The fraction of sp³-hybridized carbons (Fsp3) is 1.00. The van der Waals surface area contributed by atoms with Gasteiger partial charge in [0, 0.05) is 20.1 Å². The molecule has 132 valence electrons. The fourth-order valence-corrected chi connectivity index (χ4v) is 2.76. The molecule has 0 spiro atoms. The molecule has 1 heterocycles. The largest absolute Gasteiger partial charge is 0.390 e. The summed E-state index contributed by atoms with van der Waals surface area (Å²) in [5.74, 6) is 0. The molecule has 1 rings (SSSR count). The lowest BCUT2D eigenvalue weighted by atomic mass is 10.0. The highest BCUT2D eigenvalue weighted by Crippen LogP contribution is 2.21. The maximum Gasteiger partial charge on any atom is 0.183 e. The van der Waals surface area contributed by atoms with Crippen molar-refractivity contribution < 1.29 is 24.4 Å². The molecule has 2 N–H and O–H groups in total. The summed E-state index contributed by atoms with van der Waals surface area (Å²) in [7, 11) is 1.49. The van der Waals surface area contributed by atoms with E-state index in [0.29, 0.717) is 13.2 Å². The van der Waals surface area contributed by atoms with Crippen LogP contribution in [0.25, 0.3) is 0 Å². The van der Waals surface area contributed by atoms with Crippen molar-refractivity contribution in [3.8, 4) is 0 Å². The van der Waals surface area contributed by atoms with Crippen LogP contribution in [0, 0.1) is 0 Å². The number of methoxy groups -OCH3 is 1. The first kappa shape index (κ1) is 19.8. The van der Waals surface area contributed by atoms with Gasteiger partial charge in [-0.1, -0.05) is 51.9 Å². The van der Waals surface area contributed by atoms with Gasteiger partial charge in [0.15, 0.2) is 6.29 Å². The standard InChI is InChI=1S/C17H34O5/c1-3-4-5-6-7-8-9-10-11-21-13-16-14(18)12-15(19)17(20-2)22-16/h14-19H,3-13H2,1-2H3/t14-,15-,16?,17-/m0/s1. The van der Waals surface area contributed by atoms with Crippen LogP contribution < -0.4 is 0 Å². The second-order valence-electron chi connectivity index (χ2n) is 6.20. The van der Waals surface area contributed by atoms with Crippen LogP contribution >= 0.6 is 0 Å². The maximum absolute atomic E-state index is 9.88. The first-order valence-corrected chi connectivity index (χ1v) is 8.81. The lowest BCUT2D eigenvalue weighted by Crippen LogP contribution is -2.49. The summed E-state index contributed by atoms with van der Waals surface area (Å²) in [4.78, 5) is 0. The Labute approximate surface area is 135 Å². The molecule has 0 aliphatic carbocycles. The maximum atomic E-state index is 9.88. The minimum absolute atomic E-state index is 0.268. The van der Waals surface area contributed by atoms with Crippen molar-refractivity contribution >= 4 is 0 Å². The number of rotatable bonds is 12. The zero-order valence-electron chi connectivity index (χ0n) is 14.2. The molecule has 1 unspecified atom stereocenters. The summed E-state index contributed by atoms with van der Waals surface area (Å²) in [6, 6.07) is 0. The van der Waals surface area contributed by atoms with E-state index >= 15 is 0 Å². The molecule has 0 aromatic heterocycles. The number of hydrogen-bond donors (Lipinski definition) is 2. The van der Waals surface area contributed by atoms with Gasteiger partial charge in [-0.25, -0.2) is 0 Å². The quantitative estimate of drug-likeness (QED) is 0.541. The van der Waals surface area contributed by atoms with E-state index in [-0.39, 0.29) is 6.42 Å². The SMILES string of the molecule is CCCCCCCCCCOCC1O[C@H](OC)[C@@H](O)C[C@@H]1O. The normalized spacial score (nSPS) is 28.9. The molecule has 0 aromatic carbocycles. The van der Waals surface area contributed by atoms with Gasteiger partial charge < -0.3 is 24.4 Å². The van der Waals surface area contributed by atoms with E-state index < -0.39 is 24.6 Å². The topological polar surface area (TPSA) is 68.2 Å². The Balaban J connectivity index is 1.97. The first-order chi connectivity index (χ1) is 10.7. The van der Waals surface area contributed by atoms with E-state index in [9.17, 15) is 10.2 Å². The Bertz CT molecular complexity index is 261. The van der Waals surface area contributed by atoms with Gasteiger partial charge in [0.05, 0.1) is 12.7 Å². The molecule has 22 heavy (non-hydrogen) atoms. The second kappa shape index (κ2) is 12.3. The van der Waals surface area contributed by atoms with E-state index in [1.807, 2.05) is 0 Å². The molecule has 5 nitrogen and oxygen atoms in total. The number of aliphatic hydroxyl groups excluding tert-OH is 2. The van der Waals surface area contributed by atoms with Crippen molar-refractivity contribution in [3.05, 3.63) is 0 Å². The predicted molar refractivity (Wildman–Crippen MR) is 85.7 cm³/mol. The lowest BCUT2D eigenvalue weighted by Gasteiger charge is -2.36. The van der Waals surface area contributed by atoms with Crippen LogP contribution in [0.3, 0.4) is 0 Å². The van der Waals surface area contributed by atoms with Gasteiger partial charge >= 0.3 is 0 Å². The third kappa shape index (κ3) is 7.88. The van der Waals surface area contributed by atoms with Crippen LogP contribution in [-0.2, 0) is 14.2 Å². The van der Waals surface area contributed by atoms with Gasteiger partial charge in [-0.3, -0.25) is 0 Å². The predicted octanol–water partition coefficient (Wildman–Crippen LogP) is 2.63. The minimum Gasteiger partial charge on any atom is -0.390 e. The van der Waals surface area contributed by atoms with Gasteiger partial charge in [0.25, 0.3) is 0 Å². The summed E-state index contributed by atoms with van der Waals surface area (Å²) >= 11 is 0. The zero-order valence-corrected chi connectivity index (χ0v) is 14.2. The first-order valence-electron chi connectivity index (χ1n) is 8.81. The van der Waals surface area contributed by atoms with Crippen molar-refractivity contribution in [1.82, 2.24) is 0 Å². The summed E-state index contributed by atoms with van der Waals surface area (Å²) in [6.45, 7) is 3.28. The van der Waals surface area contributed by atoms with E-state index in [1.54, 1.807) is 0 Å². The number of unbranched alkanes of at least 4 members (excludes halogenated alkanes) is 7. The van der Waals surface area contributed by atoms with Gasteiger partial charge in [0.1, 0.15) is 12.2 Å². The van der Waals surface area contributed by atoms with Crippen LogP contribution in [0.4, 0.5) is 0 Å². The minimum atomic E-state index is -0.774. The van der Waals surface area contributed by atoms with Crippen molar-refractivity contribution in [3.63, 3.8) is 0 Å². The van der Waals surface area contributed by atoms with Crippen LogP contribution in [0.1, 0.15) is 64.7 Å². The number of aliphatic hydroxyl groups is 2. The number of ether oxygens (including phenoxy) is 3. The summed E-state index contributed by atoms with van der Waals surface area (Å²) in [5, 5.41) is 19.5. The van der Waals surface area contributed by atoms with Crippen LogP contribution in [0.5, 0.6) is 0 Å². The fourth-order valence-electron chi connectivity index (χ4n) is 2.76. The van der Waals surface area contributed by atoms with Crippen molar-refractivity contribution in [2.75, 3.05) is 20.3 Å². The molecule has 0 amide bonds. The van der Waals surface area contributed by atoms with Gasteiger partial charge in [-0.2, -0.15) is 0 Å². The third-order valence-corrected chi connectivity index (χ3v) is 4.19. The Morgan fingerprint density at radius 2 is 1.59 bits per heavy atom. The van der Waals surface area contributed by atoms with E-state index in [4.69, 9.17) is 14.2 Å². The van der Waals surface area contributed by atoms with Crippen molar-refractivity contribution in [2.45, 2.75) is 89.3 Å². The Morgan fingerprint density at radius 3 is 2.23 bits per heavy atom. The second-order valence-corrected chi connectivity index (χ2v) is 6.20. The van der Waals surface area contributed by atoms with E-state index in [1.165, 1.54) is 52.1 Å². The molecule has 0 bridgehead atoms. The van der Waals surface area contributed by atoms with Gasteiger partial charge in [-0.15, -0.1) is 0 Å². The molecular weight excluding hydrogens is 284 g/mol. The highest BCUT2D eigenvalue weighted by molar-refractivity contribution is 4.80. The van der Waals surface area contributed by atoms with Crippen LogP contribution in [0.2, 0.25) is 0 Å². The molecule has 1 aliphatic rings. The molecule has 4 atom stereocenters. The Hall–Kier alpha value is -0.200. The highest BCUT2D eigenvalue weighted by Gasteiger charge is 2.36. The van der Waals surface area contributed by atoms with E-state index in [0.717, 1.165) is 6.42 Å². The molecule has 1 aliphatic heterocycles. The molecular formula is C17H34O5. The Morgan fingerprint density at radius 1 is 0.955 bits per heavy atom. The highest BCUT2D eigenvalue weighted by atomic mass is 16.7. The Kier molecular flexibility index (Phi) is 11.1. The smallest absolute Gasteiger partial charge is 0.183 e. The van der Waals surface area contributed by atoms with Crippen molar-refractivity contribution in [2.24, 2.45) is 0 Å². The summed E-state index contributed by atoms with van der Waals surface area (Å²) in [5.41, 5.74) is 0. The zero-order chi connectivity index (χ0) is 16.2. The third-order valence-electron chi connectivity index (χ3n) is 4.19. The molecule has 0 saturated carbocycles. The molecule has 1 fully saturated rings. The molecule has 0 radical (unpaired) electrons. The van der Waals surface area contributed by atoms with Crippen LogP contribution in [-0.4, -0.2) is 55.1 Å². The van der Waals surface area contributed by atoms with E-state index in [2.05, 4.69) is 6.92 Å². The average molecular weight is 318 g/mol. The average Bonchev–Trinajstić information content (AvgIpc) is 2.51. The molecule has 5 heteroatoms. The van der Waals surface area contributed by atoms with Crippen molar-refractivity contribution in [1.29, 1.82) is 0 Å². The molecule has 0 aromatic rings.